The molecule has 0 bridgehead atoms. The van der Waals surface area contributed by atoms with Gasteiger partial charge in [0.2, 0.25) is 0 Å². The molecule has 0 radical (unpaired) electrons. The van der Waals surface area contributed by atoms with Crippen molar-refractivity contribution in [3.8, 4) is 0 Å². The SMILES string of the molecule is Cn1nc(CN2CCCC2)c2c1CN(CC1CC1)CC2. The number of fused-ring (bicyclic) bond motifs is 1. The van der Waals surface area contributed by atoms with E-state index in [9.17, 15) is 0 Å². The molecule has 2 aliphatic heterocycles. The summed E-state index contributed by atoms with van der Waals surface area (Å²) in [7, 11) is 2.13. The van der Waals surface area contributed by atoms with Crippen LogP contribution in [0, 0.1) is 5.92 Å². The van der Waals surface area contributed by atoms with Gasteiger partial charge in [-0.2, -0.15) is 5.10 Å². The third kappa shape index (κ3) is 2.51. The van der Waals surface area contributed by atoms with Gasteiger partial charge in [0, 0.05) is 38.8 Å². The molecule has 1 aromatic rings. The summed E-state index contributed by atoms with van der Waals surface area (Å²) in [5.41, 5.74) is 4.40. The van der Waals surface area contributed by atoms with Crippen LogP contribution >= 0.6 is 0 Å². The second-order valence-corrected chi connectivity index (χ2v) is 6.91. The van der Waals surface area contributed by atoms with Gasteiger partial charge in [-0.3, -0.25) is 14.5 Å². The highest BCUT2D eigenvalue weighted by molar-refractivity contribution is 5.29. The Labute approximate surface area is 121 Å². The lowest BCUT2D eigenvalue weighted by atomic mass is 10.0. The quantitative estimate of drug-likeness (QED) is 0.836. The van der Waals surface area contributed by atoms with Crippen LogP contribution in [0.25, 0.3) is 0 Å². The number of hydrogen-bond acceptors (Lipinski definition) is 3. The monoisotopic (exact) mass is 274 g/mol. The first kappa shape index (κ1) is 12.8. The van der Waals surface area contributed by atoms with Gasteiger partial charge in [-0.15, -0.1) is 0 Å². The lowest BCUT2D eigenvalue weighted by molar-refractivity contribution is 0.236. The molecule has 0 N–H and O–H groups in total. The van der Waals surface area contributed by atoms with Crippen molar-refractivity contribution in [2.45, 2.75) is 45.2 Å². The van der Waals surface area contributed by atoms with Gasteiger partial charge in [0.05, 0.1) is 11.4 Å². The fourth-order valence-corrected chi connectivity index (χ4v) is 3.81. The van der Waals surface area contributed by atoms with Gasteiger partial charge < -0.3 is 0 Å². The Morgan fingerprint density at radius 2 is 1.90 bits per heavy atom. The van der Waals surface area contributed by atoms with E-state index in [4.69, 9.17) is 5.10 Å². The van der Waals surface area contributed by atoms with Gasteiger partial charge in [-0.25, -0.2) is 0 Å². The van der Waals surface area contributed by atoms with Crippen LogP contribution in [0.3, 0.4) is 0 Å². The van der Waals surface area contributed by atoms with Crippen molar-refractivity contribution in [1.29, 1.82) is 0 Å². The first-order valence-electron chi connectivity index (χ1n) is 8.28. The molecule has 2 fully saturated rings. The number of aromatic nitrogens is 2. The van der Waals surface area contributed by atoms with Crippen LogP contribution in [0.4, 0.5) is 0 Å². The maximum atomic E-state index is 4.83. The smallest absolute Gasteiger partial charge is 0.0800 e. The largest absolute Gasteiger partial charge is 0.297 e. The molecule has 3 aliphatic rings. The third-order valence-corrected chi connectivity index (χ3v) is 5.19. The van der Waals surface area contributed by atoms with Gasteiger partial charge in [0.15, 0.2) is 0 Å². The molecule has 0 spiro atoms. The van der Waals surface area contributed by atoms with E-state index in [1.807, 2.05) is 0 Å². The molecule has 0 amide bonds. The van der Waals surface area contributed by atoms with E-state index < -0.39 is 0 Å². The van der Waals surface area contributed by atoms with Crippen molar-refractivity contribution in [1.82, 2.24) is 19.6 Å². The van der Waals surface area contributed by atoms with Gasteiger partial charge >= 0.3 is 0 Å². The maximum Gasteiger partial charge on any atom is 0.0800 e. The van der Waals surface area contributed by atoms with Gasteiger partial charge in [0.1, 0.15) is 0 Å². The Morgan fingerprint density at radius 1 is 1.10 bits per heavy atom. The summed E-state index contributed by atoms with van der Waals surface area (Å²) in [5, 5.41) is 4.83. The Kier molecular flexibility index (Phi) is 3.31. The van der Waals surface area contributed by atoms with Crippen LogP contribution in [0.5, 0.6) is 0 Å². The molecule has 1 aliphatic carbocycles. The third-order valence-electron chi connectivity index (χ3n) is 5.19. The Hall–Kier alpha value is -0.870. The number of likely N-dealkylation sites (tertiary alicyclic amines) is 1. The Bertz CT molecular complexity index is 483. The van der Waals surface area contributed by atoms with Crippen LogP contribution in [-0.2, 0) is 26.6 Å². The van der Waals surface area contributed by atoms with Crippen LogP contribution in [-0.4, -0.2) is 45.8 Å². The Morgan fingerprint density at radius 3 is 2.65 bits per heavy atom. The molecule has 0 atom stereocenters. The number of hydrogen-bond donors (Lipinski definition) is 0. The molecule has 4 rings (SSSR count). The number of rotatable bonds is 4. The zero-order valence-electron chi connectivity index (χ0n) is 12.6. The van der Waals surface area contributed by atoms with Crippen LogP contribution in [0.15, 0.2) is 0 Å². The Balaban J connectivity index is 1.49. The van der Waals surface area contributed by atoms with Crippen molar-refractivity contribution < 1.29 is 0 Å². The van der Waals surface area contributed by atoms with E-state index in [1.54, 1.807) is 5.56 Å². The summed E-state index contributed by atoms with van der Waals surface area (Å²) in [5.74, 6) is 0.994. The summed E-state index contributed by atoms with van der Waals surface area (Å²) in [6.07, 6.45) is 6.84. The normalized spacial score (nSPS) is 24.2. The molecule has 20 heavy (non-hydrogen) atoms. The second-order valence-electron chi connectivity index (χ2n) is 6.91. The summed E-state index contributed by atoms with van der Waals surface area (Å²) in [6, 6.07) is 0. The topological polar surface area (TPSA) is 24.3 Å². The molecule has 1 aromatic heterocycles. The molecule has 3 heterocycles. The van der Waals surface area contributed by atoms with E-state index in [0.717, 1.165) is 19.0 Å². The summed E-state index contributed by atoms with van der Waals surface area (Å²) < 4.78 is 2.15. The van der Waals surface area contributed by atoms with Gasteiger partial charge in [-0.05, 0) is 51.1 Å². The van der Waals surface area contributed by atoms with Crippen LogP contribution in [0.1, 0.15) is 42.6 Å². The zero-order valence-corrected chi connectivity index (χ0v) is 12.6. The van der Waals surface area contributed by atoms with Gasteiger partial charge in [-0.1, -0.05) is 0 Å². The minimum Gasteiger partial charge on any atom is -0.297 e. The van der Waals surface area contributed by atoms with E-state index >= 15 is 0 Å². The maximum absolute atomic E-state index is 4.83. The molecular weight excluding hydrogens is 248 g/mol. The van der Waals surface area contributed by atoms with E-state index in [1.165, 1.54) is 69.7 Å². The predicted octanol–water partition coefficient (Wildman–Crippen LogP) is 1.78. The van der Waals surface area contributed by atoms with Crippen molar-refractivity contribution in [3.63, 3.8) is 0 Å². The molecule has 1 saturated heterocycles. The molecule has 4 heteroatoms. The molecule has 0 aromatic carbocycles. The summed E-state index contributed by atoms with van der Waals surface area (Å²) in [6.45, 7) is 7.27. The standard InChI is InChI=1S/C16H26N4/c1-18-16-12-20(10-13-4-5-13)9-6-14(16)15(17-18)11-19-7-2-3-8-19/h13H,2-12H2,1H3. The summed E-state index contributed by atoms with van der Waals surface area (Å²) in [4.78, 5) is 5.21. The number of aryl methyl sites for hydroxylation is 1. The second kappa shape index (κ2) is 5.15. The summed E-state index contributed by atoms with van der Waals surface area (Å²) >= 11 is 0. The minimum atomic E-state index is 0.994. The highest BCUT2D eigenvalue weighted by atomic mass is 15.3. The first-order valence-corrected chi connectivity index (χ1v) is 8.28. The highest BCUT2D eigenvalue weighted by Crippen LogP contribution is 2.32. The molecular formula is C16H26N4. The highest BCUT2D eigenvalue weighted by Gasteiger charge is 2.29. The van der Waals surface area contributed by atoms with Crippen LogP contribution in [0.2, 0.25) is 0 Å². The van der Waals surface area contributed by atoms with E-state index in [2.05, 4.69) is 21.5 Å². The van der Waals surface area contributed by atoms with Crippen molar-refractivity contribution in [2.24, 2.45) is 13.0 Å². The lowest BCUT2D eigenvalue weighted by Crippen LogP contribution is -2.33. The van der Waals surface area contributed by atoms with E-state index in [-0.39, 0.29) is 0 Å². The van der Waals surface area contributed by atoms with Crippen LogP contribution < -0.4 is 0 Å². The molecule has 110 valence electrons. The lowest BCUT2D eigenvalue weighted by Gasteiger charge is -2.27. The fraction of sp³-hybridized carbons (Fsp3) is 0.812. The van der Waals surface area contributed by atoms with E-state index in [0.29, 0.717) is 0 Å². The zero-order chi connectivity index (χ0) is 13.5. The van der Waals surface area contributed by atoms with Crippen molar-refractivity contribution in [2.75, 3.05) is 26.2 Å². The predicted molar refractivity (Wildman–Crippen MR) is 79.4 cm³/mol. The first-order chi connectivity index (χ1) is 9.79. The molecule has 1 saturated carbocycles. The van der Waals surface area contributed by atoms with Crippen molar-refractivity contribution in [3.05, 3.63) is 17.0 Å². The van der Waals surface area contributed by atoms with Gasteiger partial charge in [0.25, 0.3) is 0 Å². The van der Waals surface area contributed by atoms with Crippen molar-refractivity contribution >= 4 is 0 Å². The fourth-order valence-electron chi connectivity index (χ4n) is 3.81. The minimum absolute atomic E-state index is 0.994. The number of nitrogens with zero attached hydrogens (tertiary/aromatic N) is 4. The average molecular weight is 274 g/mol. The molecule has 4 nitrogen and oxygen atoms in total. The molecule has 0 unspecified atom stereocenters. The average Bonchev–Trinajstić information content (AvgIpc) is 3.00.